The summed E-state index contributed by atoms with van der Waals surface area (Å²) >= 11 is 0. The van der Waals surface area contributed by atoms with Crippen LogP contribution in [0.4, 0.5) is 0 Å². The van der Waals surface area contributed by atoms with E-state index in [-0.39, 0.29) is 11.3 Å². The van der Waals surface area contributed by atoms with Crippen molar-refractivity contribution in [2.24, 2.45) is 0 Å². The minimum atomic E-state index is -0.720. The molecule has 36 heavy (non-hydrogen) atoms. The molecule has 1 saturated heterocycles. The molecule has 7 nitrogen and oxygen atoms in total. The number of benzene rings is 3. The normalized spacial score (nSPS) is 17.2. The van der Waals surface area contributed by atoms with Crippen molar-refractivity contribution in [3.05, 3.63) is 77.4 Å². The summed E-state index contributed by atoms with van der Waals surface area (Å²) < 4.78 is 10.7. The van der Waals surface area contributed by atoms with E-state index < -0.39 is 17.7 Å². The number of fused-ring (bicyclic) bond motifs is 1. The molecule has 1 aliphatic rings. The molecule has 1 heterocycles. The van der Waals surface area contributed by atoms with Gasteiger partial charge in [0.15, 0.2) is 0 Å². The Balaban J connectivity index is 1.82. The van der Waals surface area contributed by atoms with Crippen LogP contribution in [0.5, 0.6) is 11.5 Å². The molecule has 3 aromatic carbocycles. The minimum absolute atomic E-state index is 0.0839. The van der Waals surface area contributed by atoms with Gasteiger partial charge in [-0.3, -0.25) is 9.59 Å². The molecule has 1 unspecified atom stereocenters. The summed E-state index contributed by atoms with van der Waals surface area (Å²) in [6, 6.07) is 17.6. The predicted octanol–water partition coefficient (Wildman–Crippen LogP) is 4.62. The van der Waals surface area contributed by atoms with Crippen LogP contribution in [0.2, 0.25) is 0 Å². The molecular formula is C29H32N2O5. The molecule has 1 N–H and O–H groups in total. The number of carbonyl (C=O) groups excluding carboxylic acids is 2. The molecule has 0 bridgehead atoms. The SMILES string of the molecule is CCN(CC)CCN1C(=O)C(=O)/C(=C(/O)c2ccc3cc(OC)ccc3c2)C1c1cccc(OC)c1. The van der Waals surface area contributed by atoms with Gasteiger partial charge < -0.3 is 24.4 Å². The number of hydrogen-bond acceptors (Lipinski definition) is 6. The molecule has 0 aromatic heterocycles. The van der Waals surface area contributed by atoms with Gasteiger partial charge in [-0.2, -0.15) is 0 Å². The number of aliphatic hydroxyl groups excluding tert-OH is 1. The monoisotopic (exact) mass is 488 g/mol. The second-order valence-corrected chi connectivity index (χ2v) is 8.72. The third kappa shape index (κ3) is 4.79. The molecule has 1 aliphatic heterocycles. The summed E-state index contributed by atoms with van der Waals surface area (Å²) in [6.45, 7) is 6.79. The van der Waals surface area contributed by atoms with E-state index in [9.17, 15) is 14.7 Å². The zero-order chi connectivity index (χ0) is 25.8. The molecule has 4 rings (SSSR count). The fourth-order valence-corrected chi connectivity index (χ4v) is 4.71. The van der Waals surface area contributed by atoms with Crippen LogP contribution in [0.3, 0.4) is 0 Å². The Morgan fingerprint density at radius 1 is 0.917 bits per heavy atom. The summed E-state index contributed by atoms with van der Waals surface area (Å²) in [5.41, 5.74) is 1.27. The van der Waals surface area contributed by atoms with Gasteiger partial charge in [0.25, 0.3) is 11.7 Å². The van der Waals surface area contributed by atoms with Crippen molar-refractivity contribution in [2.45, 2.75) is 19.9 Å². The van der Waals surface area contributed by atoms with Crippen molar-refractivity contribution in [3.63, 3.8) is 0 Å². The first-order valence-electron chi connectivity index (χ1n) is 12.1. The van der Waals surface area contributed by atoms with Crippen molar-refractivity contribution < 1.29 is 24.2 Å². The van der Waals surface area contributed by atoms with E-state index in [1.807, 2.05) is 48.5 Å². The summed E-state index contributed by atoms with van der Waals surface area (Å²) in [5.74, 6) is -0.140. The fraction of sp³-hybridized carbons (Fsp3) is 0.310. The number of carbonyl (C=O) groups is 2. The lowest BCUT2D eigenvalue weighted by Gasteiger charge is -2.28. The third-order valence-electron chi connectivity index (χ3n) is 6.82. The van der Waals surface area contributed by atoms with Crippen LogP contribution < -0.4 is 9.47 Å². The molecule has 0 saturated carbocycles. The number of likely N-dealkylation sites (tertiary alicyclic amines) is 1. The Morgan fingerprint density at radius 3 is 2.28 bits per heavy atom. The number of hydrogen-bond donors (Lipinski definition) is 1. The van der Waals surface area contributed by atoms with E-state index in [4.69, 9.17) is 9.47 Å². The van der Waals surface area contributed by atoms with Gasteiger partial charge in [0.1, 0.15) is 17.3 Å². The number of likely N-dealkylation sites (N-methyl/N-ethyl adjacent to an activating group) is 1. The molecule has 0 radical (unpaired) electrons. The summed E-state index contributed by atoms with van der Waals surface area (Å²) in [5, 5.41) is 13.3. The maximum Gasteiger partial charge on any atom is 0.295 e. The zero-order valence-corrected chi connectivity index (χ0v) is 21.2. The van der Waals surface area contributed by atoms with Crippen LogP contribution in [0, 0.1) is 0 Å². The Hall–Kier alpha value is -3.84. The van der Waals surface area contributed by atoms with Crippen LogP contribution in [0.25, 0.3) is 16.5 Å². The summed E-state index contributed by atoms with van der Waals surface area (Å²) in [4.78, 5) is 30.3. The highest BCUT2D eigenvalue weighted by Gasteiger charge is 2.46. The number of aliphatic hydroxyl groups is 1. The quantitative estimate of drug-likeness (QED) is 0.269. The van der Waals surface area contributed by atoms with Crippen molar-refractivity contribution >= 4 is 28.2 Å². The number of ether oxygens (including phenoxy) is 2. The van der Waals surface area contributed by atoms with Gasteiger partial charge in [-0.05, 0) is 59.8 Å². The van der Waals surface area contributed by atoms with Crippen LogP contribution in [0.15, 0.2) is 66.2 Å². The molecule has 188 valence electrons. The van der Waals surface area contributed by atoms with E-state index in [1.165, 1.54) is 0 Å². The van der Waals surface area contributed by atoms with Crippen LogP contribution in [-0.4, -0.2) is 67.0 Å². The van der Waals surface area contributed by atoms with Gasteiger partial charge in [0.2, 0.25) is 0 Å². The van der Waals surface area contributed by atoms with Crippen LogP contribution in [-0.2, 0) is 9.59 Å². The molecular weight excluding hydrogens is 456 g/mol. The van der Waals surface area contributed by atoms with Crippen LogP contribution >= 0.6 is 0 Å². The number of ketones is 1. The second-order valence-electron chi connectivity index (χ2n) is 8.72. The molecule has 3 aromatic rings. The highest BCUT2D eigenvalue weighted by atomic mass is 16.5. The summed E-state index contributed by atoms with van der Waals surface area (Å²) in [6.07, 6.45) is 0. The Labute approximate surface area is 211 Å². The first kappa shape index (κ1) is 25.3. The standard InChI is InChI=1S/C29H32N2O5/c1-5-30(6-2)14-15-31-26(21-8-7-9-23(18-21)35-3)25(28(33)29(31)34)27(32)22-11-10-20-17-24(36-4)13-12-19(20)16-22/h7-13,16-18,26,32H,5-6,14-15H2,1-4H3/b27-25+. The smallest absolute Gasteiger partial charge is 0.295 e. The Morgan fingerprint density at radius 2 is 1.58 bits per heavy atom. The lowest BCUT2D eigenvalue weighted by atomic mass is 9.94. The van der Waals surface area contributed by atoms with E-state index in [1.54, 1.807) is 31.3 Å². The number of methoxy groups -OCH3 is 2. The molecule has 0 aliphatic carbocycles. The number of nitrogens with zero attached hydrogens (tertiary/aromatic N) is 2. The molecule has 1 fully saturated rings. The topological polar surface area (TPSA) is 79.3 Å². The van der Waals surface area contributed by atoms with E-state index in [0.717, 1.165) is 29.6 Å². The van der Waals surface area contributed by atoms with Gasteiger partial charge in [-0.25, -0.2) is 0 Å². The highest BCUT2D eigenvalue weighted by molar-refractivity contribution is 6.46. The average molecular weight is 489 g/mol. The number of Topliss-reactive ketones (excluding diaryl/α,β-unsaturated/α-hetero) is 1. The lowest BCUT2D eigenvalue weighted by molar-refractivity contribution is -0.140. The first-order chi connectivity index (χ1) is 17.4. The Bertz CT molecular complexity index is 1310. The predicted molar refractivity (Wildman–Crippen MR) is 140 cm³/mol. The fourth-order valence-electron chi connectivity index (χ4n) is 4.71. The van der Waals surface area contributed by atoms with Crippen molar-refractivity contribution in [3.8, 4) is 11.5 Å². The third-order valence-corrected chi connectivity index (χ3v) is 6.82. The lowest BCUT2D eigenvalue weighted by Crippen LogP contribution is -2.38. The maximum absolute atomic E-state index is 13.3. The molecule has 7 heteroatoms. The van der Waals surface area contributed by atoms with Crippen molar-refractivity contribution in [2.75, 3.05) is 40.4 Å². The van der Waals surface area contributed by atoms with Crippen molar-refractivity contribution in [1.29, 1.82) is 0 Å². The van der Waals surface area contributed by atoms with Crippen LogP contribution in [0.1, 0.15) is 31.0 Å². The van der Waals surface area contributed by atoms with E-state index in [2.05, 4.69) is 18.7 Å². The van der Waals surface area contributed by atoms with Gasteiger partial charge in [0, 0.05) is 18.7 Å². The Kier molecular flexibility index (Phi) is 7.60. The highest BCUT2D eigenvalue weighted by Crippen LogP contribution is 2.40. The van der Waals surface area contributed by atoms with Gasteiger partial charge >= 0.3 is 0 Å². The molecule has 0 spiro atoms. The largest absolute Gasteiger partial charge is 0.507 e. The second kappa shape index (κ2) is 10.8. The van der Waals surface area contributed by atoms with E-state index in [0.29, 0.717) is 30.0 Å². The first-order valence-corrected chi connectivity index (χ1v) is 12.1. The van der Waals surface area contributed by atoms with E-state index >= 15 is 0 Å². The van der Waals surface area contributed by atoms with Gasteiger partial charge in [0.05, 0.1) is 25.8 Å². The van der Waals surface area contributed by atoms with Gasteiger partial charge in [-0.1, -0.05) is 44.2 Å². The number of amides is 1. The van der Waals surface area contributed by atoms with Crippen molar-refractivity contribution in [1.82, 2.24) is 9.80 Å². The zero-order valence-electron chi connectivity index (χ0n) is 21.2. The van der Waals surface area contributed by atoms with Gasteiger partial charge in [-0.15, -0.1) is 0 Å². The number of rotatable bonds is 9. The average Bonchev–Trinajstić information content (AvgIpc) is 3.17. The molecule has 1 amide bonds. The molecule has 1 atom stereocenters. The summed E-state index contributed by atoms with van der Waals surface area (Å²) in [7, 11) is 3.18. The minimum Gasteiger partial charge on any atom is -0.507 e. The maximum atomic E-state index is 13.3.